The van der Waals surface area contributed by atoms with Crippen LogP contribution in [0.1, 0.15) is 44.7 Å². The Kier molecular flexibility index (Phi) is 12.7. The Morgan fingerprint density at radius 3 is 2.19 bits per heavy atom. The number of ether oxygens (including phenoxy) is 1. The van der Waals surface area contributed by atoms with Crippen molar-refractivity contribution in [3.63, 3.8) is 0 Å². The third-order valence-electron chi connectivity index (χ3n) is 6.63. The van der Waals surface area contributed by atoms with Crippen LogP contribution in [0, 0.1) is 0 Å². The van der Waals surface area contributed by atoms with Crippen molar-refractivity contribution < 1.29 is 22.7 Å². The fraction of sp³-hybridized carbons (Fsp3) is 0.375. The van der Waals surface area contributed by atoms with Crippen molar-refractivity contribution in [2.75, 3.05) is 23.7 Å². The molecule has 0 bridgehead atoms. The highest BCUT2D eigenvalue weighted by Gasteiger charge is 2.31. The van der Waals surface area contributed by atoms with Gasteiger partial charge in [-0.2, -0.15) is 0 Å². The highest BCUT2D eigenvalue weighted by atomic mass is 35.5. The number of carbonyl (C=O) groups excluding carboxylic acids is 2. The van der Waals surface area contributed by atoms with Crippen molar-refractivity contribution in [1.82, 2.24) is 10.2 Å². The van der Waals surface area contributed by atoms with E-state index in [9.17, 15) is 18.0 Å². The molecule has 0 aliphatic heterocycles. The topological polar surface area (TPSA) is 96.0 Å². The van der Waals surface area contributed by atoms with Crippen LogP contribution in [-0.4, -0.2) is 56.6 Å². The van der Waals surface area contributed by atoms with Crippen LogP contribution >= 0.6 is 23.2 Å². The zero-order valence-electron chi connectivity index (χ0n) is 24.9. The van der Waals surface area contributed by atoms with Crippen LogP contribution in [-0.2, 0) is 32.6 Å². The Morgan fingerprint density at radius 1 is 0.930 bits per heavy atom. The standard InChI is InChI=1S/C32H39Cl2N3O5S/c1-5-42-27-16-14-26(15-17-27)37(43(4,40)41)19-9-12-31(38)36(22-25-13-18-28(33)29(34)20-25)30(32(39)35-23(2)3)21-24-10-7-6-8-11-24/h6-8,10-11,13-18,20,23,30H,5,9,12,19,21-22H2,1-4H3,(H,35,39)/t30-/m1/s1. The van der Waals surface area contributed by atoms with Crippen LogP contribution in [0.25, 0.3) is 0 Å². The normalized spacial score (nSPS) is 12.1. The van der Waals surface area contributed by atoms with Gasteiger partial charge in [-0.05, 0) is 74.7 Å². The number of rotatable bonds is 15. The van der Waals surface area contributed by atoms with E-state index in [-0.39, 0.29) is 43.8 Å². The molecule has 3 aromatic carbocycles. The molecule has 0 aliphatic carbocycles. The first-order valence-corrected chi connectivity index (χ1v) is 16.8. The van der Waals surface area contributed by atoms with Crippen LogP contribution in [0.2, 0.25) is 10.0 Å². The second kappa shape index (κ2) is 16.0. The zero-order valence-corrected chi connectivity index (χ0v) is 27.3. The summed E-state index contributed by atoms with van der Waals surface area (Å²) in [6.07, 6.45) is 1.69. The molecule has 0 aromatic heterocycles. The number of amides is 2. The van der Waals surface area contributed by atoms with Crippen LogP contribution in [0.5, 0.6) is 5.75 Å². The van der Waals surface area contributed by atoms with Gasteiger partial charge in [-0.1, -0.05) is 59.6 Å². The minimum Gasteiger partial charge on any atom is -0.494 e. The Bertz CT molecular complexity index is 1470. The number of anilines is 1. The third kappa shape index (κ3) is 10.4. The summed E-state index contributed by atoms with van der Waals surface area (Å²) >= 11 is 12.4. The summed E-state index contributed by atoms with van der Waals surface area (Å²) in [5, 5.41) is 3.69. The number of hydrogen-bond acceptors (Lipinski definition) is 5. The summed E-state index contributed by atoms with van der Waals surface area (Å²) in [6, 6.07) is 20.4. The summed E-state index contributed by atoms with van der Waals surface area (Å²) in [6.45, 7) is 6.30. The van der Waals surface area contributed by atoms with Crippen molar-refractivity contribution in [2.45, 2.75) is 58.7 Å². The fourth-order valence-corrected chi connectivity index (χ4v) is 5.93. The summed E-state index contributed by atoms with van der Waals surface area (Å²) in [5.74, 6) is 0.0717. The molecule has 1 atom stereocenters. The molecule has 0 saturated heterocycles. The highest BCUT2D eigenvalue weighted by molar-refractivity contribution is 7.92. The van der Waals surface area contributed by atoms with Crippen molar-refractivity contribution in [1.29, 1.82) is 0 Å². The van der Waals surface area contributed by atoms with Gasteiger partial charge in [0.25, 0.3) is 0 Å². The van der Waals surface area contributed by atoms with E-state index in [4.69, 9.17) is 27.9 Å². The fourth-order valence-electron chi connectivity index (χ4n) is 4.65. The van der Waals surface area contributed by atoms with E-state index in [1.807, 2.05) is 51.1 Å². The number of nitrogens with one attached hydrogen (secondary N) is 1. The number of hydrogen-bond donors (Lipinski definition) is 1. The lowest BCUT2D eigenvalue weighted by molar-refractivity contribution is -0.141. The quantitative estimate of drug-likeness (QED) is 0.215. The lowest BCUT2D eigenvalue weighted by Gasteiger charge is -2.32. The molecule has 0 heterocycles. The molecule has 0 fully saturated rings. The smallest absolute Gasteiger partial charge is 0.243 e. The average molecular weight is 649 g/mol. The molecule has 2 amide bonds. The van der Waals surface area contributed by atoms with Crippen molar-refractivity contribution in [2.24, 2.45) is 0 Å². The van der Waals surface area contributed by atoms with Gasteiger partial charge in [0.15, 0.2) is 0 Å². The van der Waals surface area contributed by atoms with Crippen LogP contribution in [0.3, 0.4) is 0 Å². The van der Waals surface area contributed by atoms with Gasteiger partial charge >= 0.3 is 0 Å². The molecule has 1 N–H and O–H groups in total. The predicted molar refractivity (Wildman–Crippen MR) is 173 cm³/mol. The first-order chi connectivity index (χ1) is 20.4. The van der Waals surface area contributed by atoms with E-state index in [0.717, 1.165) is 11.8 Å². The number of sulfonamides is 1. The second-order valence-corrected chi connectivity index (χ2v) is 13.2. The maximum absolute atomic E-state index is 13.9. The van der Waals surface area contributed by atoms with E-state index in [0.29, 0.717) is 40.1 Å². The maximum atomic E-state index is 13.9. The number of nitrogens with zero attached hydrogens (tertiary/aromatic N) is 2. The van der Waals surface area contributed by atoms with E-state index < -0.39 is 16.1 Å². The molecule has 0 aliphatic rings. The lowest BCUT2D eigenvalue weighted by atomic mass is 10.0. The van der Waals surface area contributed by atoms with Gasteiger partial charge in [0.2, 0.25) is 21.8 Å². The Hall–Kier alpha value is -3.27. The average Bonchev–Trinajstić information content (AvgIpc) is 2.95. The predicted octanol–water partition coefficient (Wildman–Crippen LogP) is 6.10. The Balaban J connectivity index is 1.88. The molecule has 0 radical (unpaired) electrons. The van der Waals surface area contributed by atoms with Gasteiger partial charge in [-0.3, -0.25) is 13.9 Å². The summed E-state index contributed by atoms with van der Waals surface area (Å²) in [4.78, 5) is 29.0. The minimum atomic E-state index is -3.63. The summed E-state index contributed by atoms with van der Waals surface area (Å²) < 4.78 is 32.1. The minimum absolute atomic E-state index is 0.0185. The van der Waals surface area contributed by atoms with E-state index in [2.05, 4.69) is 5.32 Å². The molecule has 3 aromatic rings. The Morgan fingerprint density at radius 2 is 1.60 bits per heavy atom. The van der Waals surface area contributed by atoms with E-state index in [1.165, 1.54) is 4.31 Å². The van der Waals surface area contributed by atoms with Crippen LogP contribution in [0.4, 0.5) is 5.69 Å². The van der Waals surface area contributed by atoms with Gasteiger partial charge in [-0.15, -0.1) is 0 Å². The van der Waals surface area contributed by atoms with Crippen LogP contribution < -0.4 is 14.4 Å². The van der Waals surface area contributed by atoms with Crippen molar-refractivity contribution >= 4 is 50.7 Å². The largest absolute Gasteiger partial charge is 0.494 e. The number of carbonyl (C=O) groups is 2. The van der Waals surface area contributed by atoms with Gasteiger partial charge in [0.05, 0.1) is 28.6 Å². The van der Waals surface area contributed by atoms with Crippen molar-refractivity contribution in [3.05, 3.63) is 94.0 Å². The van der Waals surface area contributed by atoms with Gasteiger partial charge in [0.1, 0.15) is 11.8 Å². The number of halogens is 2. The van der Waals surface area contributed by atoms with Crippen LogP contribution in [0.15, 0.2) is 72.8 Å². The maximum Gasteiger partial charge on any atom is 0.243 e. The molecule has 0 saturated carbocycles. The molecule has 232 valence electrons. The van der Waals surface area contributed by atoms with Gasteiger partial charge < -0.3 is 15.0 Å². The van der Waals surface area contributed by atoms with E-state index >= 15 is 0 Å². The molecule has 3 rings (SSSR count). The number of benzene rings is 3. The first kappa shape index (κ1) is 34.2. The molecule has 8 nitrogen and oxygen atoms in total. The van der Waals surface area contributed by atoms with E-state index in [1.54, 1.807) is 47.4 Å². The second-order valence-electron chi connectivity index (χ2n) is 10.5. The van der Waals surface area contributed by atoms with Gasteiger partial charge in [0, 0.05) is 32.0 Å². The molecular weight excluding hydrogens is 609 g/mol. The first-order valence-electron chi connectivity index (χ1n) is 14.2. The molecule has 0 spiro atoms. The molecule has 0 unspecified atom stereocenters. The molecule has 43 heavy (non-hydrogen) atoms. The SMILES string of the molecule is CCOc1ccc(N(CCCC(=O)N(Cc2ccc(Cl)c(Cl)c2)[C@H](Cc2ccccc2)C(=O)NC(C)C)S(C)(=O)=O)cc1. The third-order valence-corrected chi connectivity index (χ3v) is 8.56. The monoisotopic (exact) mass is 647 g/mol. The summed E-state index contributed by atoms with van der Waals surface area (Å²) in [5.41, 5.74) is 2.09. The Labute approximate surface area is 265 Å². The van der Waals surface area contributed by atoms with Crippen molar-refractivity contribution in [3.8, 4) is 5.75 Å². The van der Waals surface area contributed by atoms with Gasteiger partial charge in [-0.25, -0.2) is 8.42 Å². The molecule has 11 heteroatoms. The zero-order chi connectivity index (χ0) is 31.6. The molecular formula is C32H39Cl2N3O5S. The summed E-state index contributed by atoms with van der Waals surface area (Å²) in [7, 11) is -3.63. The lowest BCUT2D eigenvalue weighted by Crippen LogP contribution is -2.51. The highest BCUT2D eigenvalue weighted by Crippen LogP contribution is 2.26.